The van der Waals surface area contributed by atoms with Gasteiger partial charge in [-0.15, -0.1) is 0 Å². The van der Waals surface area contributed by atoms with E-state index in [2.05, 4.69) is 41.2 Å². The molecule has 4 rings (SSSR count). The molecular weight excluding hydrogens is 542 g/mol. The zero-order valence-corrected chi connectivity index (χ0v) is 24.4. The maximum atomic E-state index is 11.4. The lowest BCUT2D eigenvalue weighted by Gasteiger charge is -2.18. The van der Waals surface area contributed by atoms with E-state index in [0.29, 0.717) is 31.9 Å². The Balaban J connectivity index is 1.31. The molecule has 0 aromatic heterocycles. The molecule has 8 heteroatoms. The summed E-state index contributed by atoms with van der Waals surface area (Å²) in [7, 11) is 1.98. The maximum Gasteiger partial charge on any atom is 0.252 e. The zero-order valence-electron chi connectivity index (χ0n) is 24.4. The number of hydrogen-bond donors (Lipinski definition) is 3. The Kier molecular flexibility index (Phi) is 10.9. The van der Waals surface area contributed by atoms with Crippen LogP contribution in [-0.2, 0) is 4.84 Å². The van der Waals surface area contributed by atoms with Gasteiger partial charge in [0.1, 0.15) is 30.5 Å². The zero-order chi connectivity index (χ0) is 30.6. The molecule has 0 saturated heterocycles. The molecule has 8 nitrogen and oxygen atoms in total. The number of oxime groups is 1. The van der Waals surface area contributed by atoms with Crippen LogP contribution >= 0.6 is 0 Å². The first-order valence-electron chi connectivity index (χ1n) is 14.1. The maximum absolute atomic E-state index is 11.4. The number of amides is 1. The number of nitrogens with two attached hydrogens (primary N) is 1. The number of phenols is 2. The number of ether oxygens (including phenoxy) is 1. The first kappa shape index (κ1) is 30.9. The summed E-state index contributed by atoms with van der Waals surface area (Å²) in [4.78, 5) is 18.8. The molecule has 222 valence electrons. The fourth-order valence-corrected chi connectivity index (χ4v) is 4.64. The van der Waals surface area contributed by atoms with Gasteiger partial charge < -0.3 is 25.5 Å². The van der Waals surface area contributed by atoms with Crippen LogP contribution in [0.15, 0.2) is 102 Å². The number of hydrogen-bond acceptors (Lipinski definition) is 7. The Labute approximate surface area is 252 Å². The second-order valence-electron chi connectivity index (χ2n) is 10.0. The van der Waals surface area contributed by atoms with E-state index in [1.54, 1.807) is 18.2 Å². The topological polar surface area (TPSA) is 118 Å². The molecular formula is C35H37N3O5. The number of phenolic OH excluding ortho intramolecular Hbond substituents is 1. The third-order valence-electron chi connectivity index (χ3n) is 6.94. The summed E-state index contributed by atoms with van der Waals surface area (Å²) < 4.78 is 6.01. The van der Waals surface area contributed by atoms with Crippen molar-refractivity contribution in [3.63, 3.8) is 0 Å². The van der Waals surface area contributed by atoms with Crippen molar-refractivity contribution in [3.8, 4) is 17.2 Å². The number of likely N-dealkylation sites (N-methyl/N-ethyl adjacent to an activating group) is 1. The highest BCUT2D eigenvalue weighted by Crippen LogP contribution is 2.35. The van der Waals surface area contributed by atoms with Crippen molar-refractivity contribution in [3.05, 3.63) is 125 Å². The molecule has 4 aromatic rings. The Morgan fingerprint density at radius 3 is 2.16 bits per heavy atom. The van der Waals surface area contributed by atoms with Crippen molar-refractivity contribution in [1.82, 2.24) is 4.90 Å². The van der Waals surface area contributed by atoms with Gasteiger partial charge in [-0.2, -0.15) is 0 Å². The van der Waals surface area contributed by atoms with Crippen LogP contribution in [0.25, 0.3) is 11.1 Å². The van der Waals surface area contributed by atoms with Crippen LogP contribution in [0.4, 0.5) is 0 Å². The van der Waals surface area contributed by atoms with Crippen molar-refractivity contribution in [1.29, 1.82) is 0 Å². The van der Waals surface area contributed by atoms with Crippen LogP contribution in [-0.4, -0.2) is 60.6 Å². The fraction of sp³-hybridized carbons (Fsp3) is 0.200. The van der Waals surface area contributed by atoms with Gasteiger partial charge in [0.05, 0.1) is 11.8 Å². The lowest BCUT2D eigenvalue weighted by Crippen LogP contribution is -2.27. The van der Waals surface area contributed by atoms with Crippen molar-refractivity contribution in [2.24, 2.45) is 10.9 Å². The average Bonchev–Trinajstić information content (AvgIpc) is 3.02. The monoisotopic (exact) mass is 579 g/mol. The number of primary amides is 1. The minimum absolute atomic E-state index is 0.0328. The Bertz CT molecular complexity index is 1550. The first-order chi connectivity index (χ1) is 20.9. The van der Waals surface area contributed by atoms with Gasteiger partial charge in [-0.3, -0.25) is 9.69 Å². The highest BCUT2D eigenvalue weighted by atomic mass is 16.6. The summed E-state index contributed by atoms with van der Waals surface area (Å²) >= 11 is 0. The van der Waals surface area contributed by atoms with E-state index in [-0.39, 0.29) is 17.1 Å². The Morgan fingerprint density at radius 2 is 1.51 bits per heavy atom. The average molecular weight is 580 g/mol. The summed E-state index contributed by atoms with van der Waals surface area (Å²) in [5.74, 6) is 0.140. The summed E-state index contributed by atoms with van der Waals surface area (Å²) in [5.41, 5.74) is 11.5. The molecule has 43 heavy (non-hydrogen) atoms. The molecule has 0 unspecified atom stereocenters. The fourth-order valence-electron chi connectivity index (χ4n) is 4.64. The van der Waals surface area contributed by atoms with Gasteiger partial charge >= 0.3 is 0 Å². The predicted octanol–water partition coefficient (Wildman–Crippen LogP) is 5.93. The molecule has 0 aliphatic heterocycles. The third kappa shape index (κ3) is 8.70. The number of rotatable bonds is 14. The van der Waals surface area contributed by atoms with Gasteiger partial charge in [-0.1, -0.05) is 66.7 Å². The number of benzene rings is 4. The van der Waals surface area contributed by atoms with Gasteiger partial charge in [0.15, 0.2) is 0 Å². The van der Waals surface area contributed by atoms with Gasteiger partial charge in [0, 0.05) is 13.1 Å². The summed E-state index contributed by atoms with van der Waals surface area (Å²) in [6, 6.07) is 30.3. The second kappa shape index (κ2) is 15.2. The van der Waals surface area contributed by atoms with E-state index in [9.17, 15) is 15.0 Å². The summed E-state index contributed by atoms with van der Waals surface area (Å²) in [5, 5.41) is 23.5. The van der Waals surface area contributed by atoms with Crippen molar-refractivity contribution in [2.75, 3.05) is 33.4 Å². The van der Waals surface area contributed by atoms with Crippen LogP contribution in [0.5, 0.6) is 17.2 Å². The molecule has 0 radical (unpaired) electrons. The van der Waals surface area contributed by atoms with E-state index < -0.39 is 5.91 Å². The molecule has 4 aromatic carbocycles. The first-order valence-corrected chi connectivity index (χ1v) is 14.1. The van der Waals surface area contributed by atoms with Gasteiger partial charge in [-0.05, 0) is 89.3 Å². The van der Waals surface area contributed by atoms with Crippen molar-refractivity contribution < 1.29 is 24.6 Å². The smallest absolute Gasteiger partial charge is 0.252 e. The number of allylic oxidation sites excluding steroid dienone is 1. The molecule has 1 amide bonds. The van der Waals surface area contributed by atoms with E-state index in [1.807, 2.05) is 49.5 Å². The molecule has 0 spiro atoms. The summed E-state index contributed by atoms with van der Waals surface area (Å²) in [6.45, 7) is 4.37. The number of aromatic hydroxyl groups is 2. The van der Waals surface area contributed by atoms with E-state index in [0.717, 1.165) is 28.9 Å². The van der Waals surface area contributed by atoms with Crippen LogP contribution in [0.3, 0.4) is 0 Å². The highest BCUT2D eigenvalue weighted by Gasteiger charge is 2.14. The van der Waals surface area contributed by atoms with Crippen LogP contribution in [0.2, 0.25) is 0 Å². The van der Waals surface area contributed by atoms with E-state index in [1.165, 1.54) is 29.5 Å². The van der Waals surface area contributed by atoms with Gasteiger partial charge in [0.25, 0.3) is 5.91 Å². The lowest BCUT2D eigenvalue weighted by molar-refractivity contribution is 0.0997. The number of nitrogens with zero attached hydrogens (tertiary/aromatic N) is 2. The summed E-state index contributed by atoms with van der Waals surface area (Å²) in [6.07, 6.45) is 2.32. The highest BCUT2D eigenvalue weighted by molar-refractivity contribution is 5.99. The molecule has 0 bridgehead atoms. The molecule has 0 fully saturated rings. The molecule has 0 heterocycles. The van der Waals surface area contributed by atoms with Crippen LogP contribution in [0.1, 0.15) is 46.0 Å². The third-order valence-corrected chi connectivity index (χ3v) is 6.94. The minimum Gasteiger partial charge on any atom is -0.508 e. The van der Waals surface area contributed by atoms with Crippen LogP contribution in [0, 0.1) is 0 Å². The number of carbonyl (C=O) groups excluding carboxylic acids is 1. The van der Waals surface area contributed by atoms with Gasteiger partial charge in [0.2, 0.25) is 0 Å². The number of carbonyl (C=O) groups is 1. The largest absolute Gasteiger partial charge is 0.508 e. The molecule has 4 N–H and O–H groups in total. The SMILES string of the molecule is CCC(=C(c1ccc(O)cc1)c1ccc(OCCN(C)CCON=Cc2ccc(O)c(C(N)=O)c2)cc1)c1ccccc1. The van der Waals surface area contributed by atoms with Crippen molar-refractivity contribution >= 4 is 23.3 Å². The van der Waals surface area contributed by atoms with Crippen molar-refractivity contribution in [2.45, 2.75) is 13.3 Å². The molecule has 0 aliphatic rings. The minimum atomic E-state index is -0.710. The Morgan fingerprint density at radius 1 is 0.860 bits per heavy atom. The van der Waals surface area contributed by atoms with E-state index >= 15 is 0 Å². The quantitative estimate of drug-likeness (QED) is 0.0738. The second-order valence-corrected chi connectivity index (χ2v) is 10.0. The van der Waals surface area contributed by atoms with Gasteiger partial charge in [-0.25, -0.2) is 0 Å². The predicted molar refractivity (Wildman–Crippen MR) is 170 cm³/mol. The lowest BCUT2D eigenvalue weighted by atomic mass is 9.88. The van der Waals surface area contributed by atoms with E-state index in [4.69, 9.17) is 15.3 Å². The normalized spacial score (nSPS) is 11.9. The standard InChI is InChI=1S/C35H37N3O5/c1-3-31(26-7-5-4-6-8-26)34(27-10-14-29(39)15-11-27)28-12-16-30(17-13-28)42-21-19-38(2)20-22-43-37-24-25-9-18-33(40)32(23-25)35(36)41/h4-18,23-24,39-40H,3,19-22H2,1-2H3,(H2,36,41). The molecule has 0 saturated carbocycles. The molecule has 0 atom stereocenters. The molecule has 0 aliphatic carbocycles. The van der Waals surface area contributed by atoms with Crippen LogP contribution < -0.4 is 10.5 Å². The Hall–Kier alpha value is -5.08.